The molecule has 1 atom stereocenters. The van der Waals surface area contributed by atoms with Gasteiger partial charge in [-0.3, -0.25) is 4.79 Å². The van der Waals surface area contributed by atoms with Crippen molar-refractivity contribution < 1.29 is 14.7 Å². The SMILES string of the molecule is CC(=O)N[C@@H](CC1(S)CC1)C(=O)O. The molecular weight excluding hydrogens is 190 g/mol. The summed E-state index contributed by atoms with van der Waals surface area (Å²) in [6, 6.07) is -0.794. The Morgan fingerprint density at radius 3 is 2.46 bits per heavy atom. The van der Waals surface area contributed by atoms with Crippen LogP contribution in [0.3, 0.4) is 0 Å². The van der Waals surface area contributed by atoms with Gasteiger partial charge in [-0.05, 0) is 19.3 Å². The van der Waals surface area contributed by atoms with Crippen LogP contribution in [0.2, 0.25) is 0 Å². The fourth-order valence-electron chi connectivity index (χ4n) is 1.17. The van der Waals surface area contributed by atoms with E-state index in [1.54, 1.807) is 0 Å². The lowest BCUT2D eigenvalue weighted by Gasteiger charge is -2.16. The molecule has 0 saturated heterocycles. The Bertz CT molecular complexity index is 238. The summed E-state index contributed by atoms with van der Waals surface area (Å²) in [5.41, 5.74) is 0. The molecule has 5 heteroatoms. The molecule has 0 aromatic heterocycles. The van der Waals surface area contributed by atoms with E-state index >= 15 is 0 Å². The van der Waals surface area contributed by atoms with Gasteiger partial charge in [0.05, 0.1) is 0 Å². The first-order chi connectivity index (χ1) is 5.93. The number of aliphatic carboxylic acids is 1. The third-order valence-corrected chi connectivity index (χ3v) is 2.72. The second kappa shape index (κ2) is 3.57. The highest BCUT2D eigenvalue weighted by atomic mass is 32.1. The summed E-state index contributed by atoms with van der Waals surface area (Å²) < 4.78 is -0.161. The van der Waals surface area contributed by atoms with Crippen molar-refractivity contribution in [3.63, 3.8) is 0 Å². The number of rotatable bonds is 4. The van der Waals surface area contributed by atoms with Crippen molar-refractivity contribution in [3.8, 4) is 0 Å². The first-order valence-electron chi connectivity index (χ1n) is 4.15. The van der Waals surface area contributed by atoms with Gasteiger partial charge in [0.1, 0.15) is 6.04 Å². The standard InChI is InChI=1S/C8H13NO3S/c1-5(10)9-6(7(11)12)4-8(13)2-3-8/h6,13H,2-4H2,1H3,(H,9,10)(H,11,12)/t6-/m0/s1. The molecule has 0 aromatic carbocycles. The van der Waals surface area contributed by atoms with E-state index in [0.29, 0.717) is 6.42 Å². The minimum atomic E-state index is -0.990. The number of thiol groups is 1. The zero-order valence-corrected chi connectivity index (χ0v) is 8.30. The molecule has 1 amide bonds. The van der Waals surface area contributed by atoms with Crippen LogP contribution in [0, 0.1) is 0 Å². The minimum absolute atomic E-state index is 0.161. The molecule has 1 aliphatic rings. The fourth-order valence-corrected chi connectivity index (χ4v) is 1.47. The van der Waals surface area contributed by atoms with Crippen LogP contribution in [0.15, 0.2) is 0 Å². The molecule has 0 radical (unpaired) electrons. The number of carbonyl (C=O) groups is 2. The van der Waals surface area contributed by atoms with Gasteiger partial charge in [-0.1, -0.05) is 0 Å². The Hall–Kier alpha value is -0.710. The van der Waals surface area contributed by atoms with E-state index in [2.05, 4.69) is 17.9 Å². The largest absolute Gasteiger partial charge is 0.480 e. The lowest BCUT2D eigenvalue weighted by molar-refractivity contribution is -0.141. The Morgan fingerprint density at radius 2 is 2.15 bits per heavy atom. The molecule has 1 aliphatic carbocycles. The summed E-state index contributed by atoms with van der Waals surface area (Å²) >= 11 is 4.31. The summed E-state index contributed by atoms with van der Waals surface area (Å²) in [6.07, 6.45) is 2.27. The number of carbonyl (C=O) groups excluding carboxylic acids is 1. The lowest BCUT2D eigenvalue weighted by atomic mass is 10.1. The van der Waals surface area contributed by atoms with E-state index in [1.165, 1.54) is 6.92 Å². The zero-order valence-electron chi connectivity index (χ0n) is 7.41. The van der Waals surface area contributed by atoms with E-state index in [-0.39, 0.29) is 10.7 Å². The summed E-state index contributed by atoms with van der Waals surface area (Å²) in [6.45, 7) is 1.31. The molecular formula is C8H13NO3S. The van der Waals surface area contributed by atoms with Gasteiger partial charge in [0, 0.05) is 11.7 Å². The number of hydrogen-bond donors (Lipinski definition) is 3. The highest BCUT2D eigenvalue weighted by Crippen LogP contribution is 2.45. The monoisotopic (exact) mass is 203 g/mol. The normalized spacial score (nSPS) is 20.5. The summed E-state index contributed by atoms with van der Waals surface area (Å²) in [7, 11) is 0. The molecule has 0 spiro atoms. The summed E-state index contributed by atoms with van der Waals surface area (Å²) in [4.78, 5) is 21.4. The maximum Gasteiger partial charge on any atom is 0.326 e. The molecule has 0 bridgehead atoms. The smallest absolute Gasteiger partial charge is 0.326 e. The van der Waals surface area contributed by atoms with Gasteiger partial charge in [0.15, 0.2) is 0 Å². The van der Waals surface area contributed by atoms with E-state index in [0.717, 1.165) is 12.8 Å². The van der Waals surface area contributed by atoms with Gasteiger partial charge < -0.3 is 10.4 Å². The molecule has 0 aliphatic heterocycles. The first kappa shape index (κ1) is 10.4. The first-order valence-corrected chi connectivity index (χ1v) is 4.60. The van der Waals surface area contributed by atoms with E-state index in [1.807, 2.05) is 0 Å². The van der Waals surface area contributed by atoms with Crippen molar-refractivity contribution in [3.05, 3.63) is 0 Å². The molecule has 1 saturated carbocycles. The van der Waals surface area contributed by atoms with Crippen molar-refractivity contribution >= 4 is 24.5 Å². The fraction of sp³-hybridized carbons (Fsp3) is 0.750. The van der Waals surface area contributed by atoms with Crippen LogP contribution in [0.5, 0.6) is 0 Å². The van der Waals surface area contributed by atoms with Crippen LogP contribution in [0.4, 0.5) is 0 Å². The third kappa shape index (κ3) is 3.26. The summed E-state index contributed by atoms with van der Waals surface area (Å²) in [5, 5.41) is 11.2. The van der Waals surface area contributed by atoms with Gasteiger partial charge >= 0.3 is 5.97 Å². The molecule has 74 valence electrons. The Kier molecular flexibility index (Phi) is 2.85. The molecule has 1 rings (SSSR count). The van der Waals surface area contributed by atoms with Crippen molar-refractivity contribution in [1.82, 2.24) is 5.32 Å². The number of amides is 1. The van der Waals surface area contributed by atoms with Crippen molar-refractivity contribution in [1.29, 1.82) is 0 Å². The molecule has 13 heavy (non-hydrogen) atoms. The van der Waals surface area contributed by atoms with Crippen LogP contribution in [0.1, 0.15) is 26.2 Å². The van der Waals surface area contributed by atoms with Gasteiger partial charge in [-0.2, -0.15) is 12.6 Å². The second-order valence-corrected chi connectivity index (χ2v) is 4.47. The Labute approximate surface area is 82.1 Å². The molecule has 4 nitrogen and oxygen atoms in total. The molecule has 2 N–H and O–H groups in total. The van der Waals surface area contributed by atoms with Gasteiger partial charge in [-0.25, -0.2) is 4.79 Å². The van der Waals surface area contributed by atoms with Gasteiger partial charge in [0.2, 0.25) is 5.91 Å². The highest BCUT2D eigenvalue weighted by Gasteiger charge is 2.42. The van der Waals surface area contributed by atoms with E-state index in [4.69, 9.17) is 5.11 Å². The number of carboxylic acid groups (broad SMARTS) is 1. The van der Waals surface area contributed by atoms with Gasteiger partial charge in [-0.15, -0.1) is 0 Å². The minimum Gasteiger partial charge on any atom is -0.480 e. The Morgan fingerprint density at radius 1 is 1.62 bits per heavy atom. The lowest BCUT2D eigenvalue weighted by Crippen LogP contribution is -2.41. The van der Waals surface area contributed by atoms with Crippen LogP contribution >= 0.6 is 12.6 Å². The average Bonchev–Trinajstić information content (AvgIpc) is 2.65. The van der Waals surface area contributed by atoms with Crippen molar-refractivity contribution in [2.45, 2.75) is 37.0 Å². The number of nitrogens with one attached hydrogen (secondary N) is 1. The summed E-state index contributed by atoms with van der Waals surface area (Å²) in [5.74, 6) is -1.31. The second-order valence-electron chi connectivity index (χ2n) is 3.52. The van der Waals surface area contributed by atoms with E-state index in [9.17, 15) is 9.59 Å². The van der Waals surface area contributed by atoms with Crippen LogP contribution < -0.4 is 5.32 Å². The van der Waals surface area contributed by atoms with Crippen molar-refractivity contribution in [2.24, 2.45) is 0 Å². The topological polar surface area (TPSA) is 66.4 Å². The molecule has 0 unspecified atom stereocenters. The van der Waals surface area contributed by atoms with Crippen LogP contribution in [-0.2, 0) is 9.59 Å². The van der Waals surface area contributed by atoms with Crippen molar-refractivity contribution in [2.75, 3.05) is 0 Å². The molecule has 0 heterocycles. The quantitative estimate of drug-likeness (QED) is 0.580. The molecule has 1 fully saturated rings. The maximum atomic E-state index is 10.7. The predicted octanol–water partition coefficient (Wildman–Crippen LogP) is 0.428. The predicted molar refractivity (Wildman–Crippen MR) is 50.8 cm³/mol. The van der Waals surface area contributed by atoms with Gasteiger partial charge in [0.25, 0.3) is 0 Å². The number of carboxylic acids is 1. The third-order valence-electron chi connectivity index (χ3n) is 2.09. The highest BCUT2D eigenvalue weighted by molar-refractivity contribution is 7.82. The average molecular weight is 203 g/mol. The van der Waals surface area contributed by atoms with Crippen LogP contribution in [0.25, 0.3) is 0 Å². The Balaban J connectivity index is 2.47. The maximum absolute atomic E-state index is 10.7. The number of hydrogen-bond acceptors (Lipinski definition) is 3. The molecule has 0 aromatic rings. The van der Waals surface area contributed by atoms with Crippen LogP contribution in [-0.4, -0.2) is 27.8 Å². The van der Waals surface area contributed by atoms with E-state index < -0.39 is 12.0 Å². The zero-order chi connectivity index (χ0) is 10.1.